The Morgan fingerprint density at radius 2 is 2.06 bits per heavy atom. The minimum Gasteiger partial charge on any atom is -0.492 e. The molecule has 1 atom stereocenters. The van der Waals surface area contributed by atoms with E-state index in [9.17, 15) is 0 Å². The average molecular weight is 276 g/mol. The zero-order valence-electron chi connectivity index (χ0n) is 10.3. The zero-order valence-corrected chi connectivity index (χ0v) is 11.8. The molecule has 0 saturated carbocycles. The van der Waals surface area contributed by atoms with Crippen LogP contribution in [0.15, 0.2) is 18.2 Å². The van der Waals surface area contributed by atoms with E-state index in [1.54, 1.807) is 12.1 Å². The summed E-state index contributed by atoms with van der Waals surface area (Å²) in [5.74, 6) is 0.754. The summed E-state index contributed by atoms with van der Waals surface area (Å²) >= 11 is 11.7. The summed E-state index contributed by atoms with van der Waals surface area (Å²) in [4.78, 5) is 0. The van der Waals surface area contributed by atoms with Crippen molar-refractivity contribution in [1.82, 2.24) is 5.32 Å². The van der Waals surface area contributed by atoms with Gasteiger partial charge < -0.3 is 10.1 Å². The Morgan fingerprint density at radius 3 is 2.71 bits per heavy atom. The van der Waals surface area contributed by atoms with E-state index < -0.39 is 0 Å². The fraction of sp³-hybridized carbons (Fsp3) is 0.538. The monoisotopic (exact) mass is 275 g/mol. The van der Waals surface area contributed by atoms with E-state index in [1.807, 2.05) is 6.07 Å². The molecule has 1 aromatic carbocycles. The Balaban J connectivity index is 2.24. The van der Waals surface area contributed by atoms with Crippen LogP contribution in [0.25, 0.3) is 0 Å². The minimum absolute atomic E-state index is 0.525. The molecule has 0 heterocycles. The molecular weight excluding hydrogens is 257 g/mol. The third kappa shape index (κ3) is 5.62. The molecule has 0 saturated heterocycles. The maximum atomic E-state index is 5.89. The van der Waals surface area contributed by atoms with Gasteiger partial charge in [0.2, 0.25) is 0 Å². The summed E-state index contributed by atoms with van der Waals surface area (Å²) < 4.78 is 5.56. The summed E-state index contributed by atoms with van der Waals surface area (Å²) in [6, 6.07) is 5.84. The van der Waals surface area contributed by atoms with Crippen LogP contribution in [0.3, 0.4) is 0 Å². The van der Waals surface area contributed by atoms with Gasteiger partial charge in [-0.2, -0.15) is 0 Å². The van der Waals surface area contributed by atoms with Gasteiger partial charge in [0.05, 0.1) is 10.0 Å². The smallest absolute Gasteiger partial charge is 0.120 e. The lowest BCUT2D eigenvalue weighted by molar-refractivity contribution is 0.305. The molecule has 0 aliphatic heterocycles. The first kappa shape index (κ1) is 14.6. The van der Waals surface area contributed by atoms with Crippen molar-refractivity contribution in [2.45, 2.75) is 32.7 Å². The van der Waals surface area contributed by atoms with Crippen LogP contribution in [0, 0.1) is 0 Å². The standard InChI is InChI=1S/C13H19Cl2NO/c1-3-4-10(2)16-7-8-17-11-5-6-12(14)13(15)9-11/h5-6,9-10,16H,3-4,7-8H2,1-2H3. The first-order valence-corrected chi connectivity index (χ1v) is 6.70. The predicted octanol–water partition coefficient (Wildman–Crippen LogP) is 4.15. The number of ether oxygens (including phenoxy) is 1. The quantitative estimate of drug-likeness (QED) is 0.755. The molecule has 1 aromatic rings. The van der Waals surface area contributed by atoms with Gasteiger partial charge in [-0.15, -0.1) is 0 Å². The Bertz CT molecular complexity index is 344. The van der Waals surface area contributed by atoms with Crippen molar-refractivity contribution in [3.63, 3.8) is 0 Å². The van der Waals surface area contributed by atoms with Gasteiger partial charge in [0.15, 0.2) is 0 Å². The maximum absolute atomic E-state index is 5.89. The summed E-state index contributed by atoms with van der Waals surface area (Å²) in [6.45, 7) is 5.83. The molecule has 1 unspecified atom stereocenters. The molecule has 0 aliphatic rings. The van der Waals surface area contributed by atoms with Crippen molar-refractivity contribution < 1.29 is 4.74 Å². The highest BCUT2D eigenvalue weighted by Crippen LogP contribution is 2.26. The number of hydrogen-bond acceptors (Lipinski definition) is 2. The van der Waals surface area contributed by atoms with Crippen LogP contribution in [-0.2, 0) is 0 Å². The highest BCUT2D eigenvalue weighted by Gasteiger charge is 2.01. The van der Waals surface area contributed by atoms with E-state index >= 15 is 0 Å². The van der Waals surface area contributed by atoms with Gasteiger partial charge in [-0.25, -0.2) is 0 Å². The molecule has 0 bridgehead atoms. The summed E-state index contributed by atoms with van der Waals surface area (Å²) in [6.07, 6.45) is 2.38. The Morgan fingerprint density at radius 1 is 1.29 bits per heavy atom. The topological polar surface area (TPSA) is 21.3 Å². The summed E-state index contributed by atoms with van der Waals surface area (Å²) in [5, 5.41) is 4.47. The molecule has 17 heavy (non-hydrogen) atoms. The third-order valence-corrected chi connectivity index (χ3v) is 3.22. The summed E-state index contributed by atoms with van der Waals surface area (Å²) in [5.41, 5.74) is 0. The lowest BCUT2D eigenvalue weighted by atomic mass is 10.2. The van der Waals surface area contributed by atoms with Gasteiger partial charge in [0.25, 0.3) is 0 Å². The number of benzene rings is 1. The van der Waals surface area contributed by atoms with E-state index in [0.29, 0.717) is 22.7 Å². The Hall–Kier alpha value is -0.440. The number of hydrogen-bond donors (Lipinski definition) is 1. The average Bonchev–Trinajstić information content (AvgIpc) is 2.29. The molecule has 96 valence electrons. The van der Waals surface area contributed by atoms with Crippen LogP contribution in [0.4, 0.5) is 0 Å². The Kier molecular flexibility index (Phi) is 6.71. The zero-order chi connectivity index (χ0) is 12.7. The first-order chi connectivity index (χ1) is 8.13. The second-order valence-electron chi connectivity index (χ2n) is 4.07. The fourth-order valence-electron chi connectivity index (χ4n) is 1.58. The highest BCUT2D eigenvalue weighted by molar-refractivity contribution is 6.42. The third-order valence-electron chi connectivity index (χ3n) is 2.48. The molecule has 0 radical (unpaired) electrons. The van der Waals surface area contributed by atoms with Crippen molar-refractivity contribution in [1.29, 1.82) is 0 Å². The van der Waals surface area contributed by atoms with Gasteiger partial charge in [-0.3, -0.25) is 0 Å². The van der Waals surface area contributed by atoms with Crippen LogP contribution < -0.4 is 10.1 Å². The van der Waals surface area contributed by atoms with E-state index in [0.717, 1.165) is 12.3 Å². The van der Waals surface area contributed by atoms with E-state index in [-0.39, 0.29) is 0 Å². The van der Waals surface area contributed by atoms with Gasteiger partial charge in [-0.1, -0.05) is 36.5 Å². The lowest BCUT2D eigenvalue weighted by Gasteiger charge is -2.13. The Labute approximate surface area is 113 Å². The van der Waals surface area contributed by atoms with Crippen molar-refractivity contribution in [3.05, 3.63) is 28.2 Å². The van der Waals surface area contributed by atoms with Crippen LogP contribution in [0.2, 0.25) is 10.0 Å². The molecule has 0 amide bonds. The molecular formula is C13H19Cl2NO. The maximum Gasteiger partial charge on any atom is 0.120 e. The van der Waals surface area contributed by atoms with Crippen LogP contribution in [0.1, 0.15) is 26.7 Å². The molecule has 0 fully saturated rings. The van der Waals surface area contributed by atoms with Gasteiger partial charge in [-0.05, 0) is 25.5 Å². The second-order valence-corrected chi connectivity index (χ2v) is 4.88. The predicted molar refractivity (Wildman–Crippen MR) is 74.3 cm³/mol. The number of halogens is 2. The van der Waals surface area contributed by atoms with Crippen molar-refractivity contribution in [2.75, 3.05) is 13.2 Å². The van der Waals surface area contributed by atoms with Crippen molar-refractivity contribution in [3.8, 4) is 5.75 Å². The van der Waals surface area contributed by atoms with Gasteiger partial charge in [0, 0.05) is 18.7 Å². The SMILES string of the molecule is CCCC(C)NCCOc1ccc(Cl)c(Cl)c1. The lowest BCUT2D eigenvalue weighted by Crippen LogP contribution is -2.29. The molecule has 0 spiro atoms. The van der Waals surface area contributed by atoms with E-state index in [1.165, 1.54) is 12.8 Å². The van der Waals surface area contributed by atoms with Crippen molar-refractivity contribution >= 4 is 23.2 Å². The summed E-state index contributed by atoms with van der Waals surface area (Å²) in [7, 11) is 0. The van der Waals surface area contributed by atoms with Gasteiger partial charge >= 0.3 is 0 Å². The van der Waals surface area contributed by atoms with Crippen LogP contribution >= 0.6 is 23.2 Å². The molecule has 1 rings (SSSR count). The molecule has 4 heteroatoms. The van der Waals surface area contributed by atoms with E-state index in [2.05, 4.69) is 19.2 Å². The van der Waals surface area contributed by atoms with Gasteiger partial charge in [0.1, 0.15) is 12.4 Å². The first-order valence-electron chi connectivity index (χ1n) is 5.94. The number of rotatable bonds is 7. The molecule has 0 aromatic heterocycles. The molecule has 2 nitrogen and oxygen atoms in total. The molecule has 1 N–H and O–H groups in total. The fourth-order valence-corrected chi connectivity index (χ4v) is 1.86. The number of nitrogens with one attached hydrogen (secondary N) is 1. The normalized spacial score (nSPS) is 12.5. The van der Waals surface area contributed by atoms with Crippen LogP contribution in [0.5, 0.6) is 5.75 Å². The van der Waals surface area contributed by atoms with Crippen LogP contribution in [-0.4, -0.2) is 19.2 Å². The van der Waals surface area contributed by atoms with E-state index in [4.69, 9.17) is 27.9 Å². The van der Waals surface area contributed by atoms with Crippen molar-refractivity contribution in [2.24, 2.45) is 0 Å². The molecule has 0 aliphatic carbocycles. The highest BCUT2D eigenvalue weighted by atomic mass is 35.5. The second kappa shape index (κ2) is 7.80. The largest absolute Gasteiger partial charge is 0.492 e. The minimum atomic E-state index is 0.525.